The van der Waals surface area contributed by atoms with Crippen LogP contribution < -0.4 is 0 Å². The molecule has 0 aromatic carbocycles. The van der Waals surface area contributed by atoms with Gasteiger partial charge in [-0.15, -0.1) is 0 Å². The number of carbonyl (C=O) groups excluding carboxylic acids is 3. The molecule has 65 heavy (non-hydrogen) atoms. The monoisotopic (exact) mass is 901 g/mol. The van der Waals surface area contributed by atoms with Gasteiger partial charge in [0.2, 0.25) is 0 Å². The van der Waals surface area contributed by atoms with E-state index in [2.05, 4.69) is 75.5 Å². The fourth-order valence-electron chi connectivity index (χ4n) is 6.89. The summed E-state index contributed by atoms with van der Waals surface area (Å²) in [5.74, 6) is -1.06. The molecule has 0 aliphatic rings. The minimum Gasteiger partial charge on any atom is -0.462 e. The van der Waals surface area contributed by atoms with Gasteiger partial charge in [-0.3, -0.25) is 14.4 Å². The van der Waals surface area contributed by atoms with Gasteiger partial charge in [-0.05, 0) is 89.9 Å². The number of carbonyl (C=O) groups is 3. The average Bonchev–Trinajstić information content (AvgIpc) is 3.30. The molecular weight excluding hydrogens is 805 g/mol. The first-order chi connectivity index (χ1) is 32.0. The largest absolute Gasteiger partial charge is 0.462 e. The minimum atomic E-state index is -0.831. The number of allylic oxidation sites excluding steroid dienone is 18. The molecule has 0 N–H and O–H groups in total. The number of ether oxygens (including phenoxy) is 3. The van der Waals surface area contributed by atoms with Gasteiger partial charge in [-0.1, -0.05) is 226 Å². The van der Waals surface area contributed by atoms with Gasteiger partial charge in [-0.2, -0.15) is 0 Å². The maximum atomic E-state index is 12.8. The van der Waals surface area contributed by atoms with Crippen molar-refractivity contribution in [2.75, 3.05) is 13.2 Å². The van der Waals surface area contributed by atoms with Gasteiger partial charge >= 0.3 is 17.9 Å². The third kappa shape index (κ3) is 50.9. The molecule has 6 heteroatoms. The molecule has 0 saturated carbocycles. The van der Waals surface area contributed by atoms with Crippen LogP contribution in [0.5, 0.6) is 0 Å². The first kappa shape index (κ1) is 61.1. The molecule has 0 rings (SSSR count). The zero-order valence-electron chi connectivity index (χ0n) is 42.0. The first-order valence-corrected chi connectivity index (χ1v) is 26.5. The third-order valence-corrected chi connectivity index (χ3v) is 10.9. The van der Waals surface area contributed by atoms with Crippen molar-refractivity contribution in [2.24, 2.45) is 0 Å². The molecule has 1 atom stereocenters. The average molecular weight is 901 g/mol. The van der Waals surface area contributed by atoms with Crippen molar-refractivity contribution < 1.29 is 28.6 Å². The Balaban J connectivity index is 4.56. The fourth-order valence-corrected chi connectivity index (χ4v) is 6.89. The van der Waals surface area contributed by atoms with Crippen LogP contribution in [0, 0.1) is 0 Å². The fraction of sp³-hybridized carbons (Fsp3) is 0.644. The summed E-state index contributed by atoms with van der Waals surface area (Å²) >= 11 is 0. The van der Waals surface area contributed by atoms with E-state index in [4.69, 9.17) is 14.2 Å². The van der Waals surface area contributed by atoms with Gasteiger partial charge in [0.25, 0.3) is 0 Å². The zero-order chi connectivity index (χ0) is 47.2. The van der Waals surface area contributed by atoms with Crippen LogP contribution in [0.2, 0.25) is 0 Å². The van der Waals surface area contributed by atoms with Crippen LogP contribution in [0.4, 0.5) is 0 Å². The Morgan fingerprint density at radius 3 is 1.14 bits per heavy atom. The first-order valence-electron chi connectivity index (χ1n) is 26.5. The highest BCUT2D eigenvalue weighted by Crippen LogP contribution is 2.13. The quantitative estimate of drug-likeness (QED) is 0.0199. The zero-order valence-corrected chi connectivity index (χ0v) is 42.0. The summed E-state index contributed by atoms with van der Waals surface area (Å²) in [5.41, 5.74) is 0. The van der Waals surface area contributed by atoms with Crippen molar-refractivity contribution in [3.63, 3.8) is 0 Å². The van der Waals surface area contributed by atoms with Gasteiger partial charge in [-0.25, -0.2) is 0 Å². The van der Waals surface area contributed by atoms with E-state index < -0.39 is 6.10 Å². The van der Waals surface area contributed by atoms with Gasteiger partial charge < -0.3 is 14.2 Å². The molecular formula is C59H96O6. The molecule has 0 fully saturated rings. The van der Waals surface area contributed by atoms with Crippen LogP contribution in [0.1, 0.15) is 226 Å². The maximum Gasteiger partial charge on any atom is 0.306 e. The Labute approximate surface area is 400 Å². The Kier molecular flexibility index (Phi) is 49.5. The minimum absolute atomic E-state index is 0.130. The molecule has 0 heterocycles. The molecule has 1 unspecified atom stereocenters. The lowest BCUT2D eigenvalue weighted by atomic mass is 10.1. The molecule has 0 amide bonds. The SMILES string of the molecule is CC/C=C/C=C/C=C/C=C/C=C/CCCC(=O)OCC(COC(=O)CCC/C=C/C/C=C/C/C=C/CCCCCCCC)OC(=O)CCCCCCCCC/C=C/CCCCCCCC. The summed E-state index contributed by atoms with van der Waals surface area (Å²) in [6, 6.07) is 0. The van der Waals surface area contributed by atoms with Crippen molar-refractivity contribution in [3.8, 4) is 0 Å². The highest BCUT2D eigenvalue weighted by Gasteiger charge is 2.19. The number of esters is 3. The summed E-state index contributed by atoms with van der Waals surface area (Å²) in [4.78, 5) is 38.0. The number of unbranched alkanes of at least 4 members (excludes halogenated alkanes) is 21. The molecule has 0 bridgehead atoms. The predicted molar refractivity (Wildman–Crippen MR) is 279 cm³/mol. The highest BCUT2D eigenvalue weighted by atomic mass is 16.6. The van der Waals surface area contributed by atoms with E-state index in [1.807, 2.05) is 54.7 Å². The molecule has 368 valence electrons. The van der Waals surface area contributed by atoms with E-state index in [0.29, 0.717) is 19.3 Å². The van der Waals surface area contributed by atoms with Crippen molar-refractivity contribution in [1.82, 2.24) is 0 Å². The summed E-state index contributed by atoms with van der Waals surface area (Å²) in [5, 5.41) is 0. The number of hydrogen-bond donors (Lipinski definition) is 0. The number of rotatable bonds is 46. The van der Waals surface area contributed by atoms with Crippen LogP contribution in [-0.2, 0) is 28.6 Å². The van der Waals surface area contributed by atoms with Crippen LogP contribution in [0.15, 0.2) is 109 Å². The molecule has 0 spiro atoms. The standard InChI is InChI=1S/C59H96O6/c1-4-7-10-13-16-19-22-25-27-29-31-34-37-40-43-46-49-52-58(61)64-55-56(54-63-57(60)51-48-45-42-39-36-33-24-21-18-15-12-9-6-3)65-59(62)53-50-47-44-41-38-35-32-30-28-26-23-20-17-14-11-8-5-2/h9,12,15,18,21,24-28,31,33-34,36,39-40,42-43,56H,4-8,10-11,13-14,16-17,19-20,22-23,29-30,32,35,37-38,41,44-55H2,1-3H3/b12-9+,18-15+,24-21+,27-25+,28-26+,34-31+,36-33+,42-39+,43-40+. The maximum absolute atomic E-state index is 12.8. The van der Waals surface area contributed by atoms with Crippen molar-refractivity contribution in [1.29, 1.82) is 0 Å². The van der Waals surface area contributed by atoms with E-state index in [1.54, 1.807) is 0 Å². The highest BCUT2D eigenvalue weighted by molar-refractivity contribution is 5.71. The second-order valence-corrected chi connectivity index (χ2v) is 17.2. The second kappa shape index (κ2) is 52.7. The smallest absolute Gasteiger partial charge is 0.306 e. The molecule has 0 aliphatic carbocycles. The van der Waals surface area contributed by atoms with Crippen LogP contribution in [0.25, 0.3) is 0 Å². The van der Waals surface area contributed by atoms with Crippen molar-refractivity contribution in [2.45, 2.75) is 232 Å². The lowest BCUT2D eigenvalue weighted by molar-refractivity contribution is -0.167. The second-order valence-electron chi connectivity index (χ2n) is 17.2. The van der Waals surface area contributed by atoms with E-state index >= 15 is 0 Å². The topological polar surface area (TPSA) is 78.9 Å². The van der Waals surface area contributed by atoms with Crippen molar-refractivity contribution >= 4 is 17.9 Å². The van der Waals surface area contributed by atoms with Gasteiger partial charge in [0.15, 0.2) is 6.10 Å². The van der Waals surface area contributed by atoms with E-state index in [-0.39, 0.29) is 44.0 Å². The molecule has 0 aromatic heterocycles. The van der Waals surface area contributed by atoms with Gasteiger partial charge in [0, 0.05) is 19.3 Å². The summed E-state index contributed by atoms with van der Waals surface area (Å²) in [6.07, 6.45) is 70.9. The lowest BCUT2D eigenvalue weighted by Gasteiger charge is -2.18. The van der Waals surface area contributed by atoms with Crippen LogP contribution in [-0.4, -0.2) is 37.2 Å². The normalized spacial score (nSPS) is 13.0. The Morgan fingerprint density at radius 2 is 0.677 bits per heavy atom. The lowest BCUT2D eigenvalue weighted by Crippen LogP contribution is -2.30. The summed E-state index contributed by atoms with van der Waals surface area (Å²) in [6.45, 7) is 6.36. The Morgan fingerprint density at radius 1 is 0.338 bits per heavy atom. The van der Waals surface area contributed by atoms with E-state index in [1.165, 1.54) is 122 Å². The van der Waals surface area contributed by atoms with Crippen molar-refractivity contribution in [3.05, 3.63) is 109 Å². The van der Waals surface area contributed by atoms with Crippen LogP contribution in [0.3, 0.4) is 0 Å². The molecule has 6 nitrogen and oxygen atoms in total. The van der Waals surface area contributed by atoms with E-state index in [9.17, 15) is 14.4 Å². The molecule has 0 radical (unpaired) electrons. The summed E-state index contributed by atoms with van der Waals surface area (Å²) < 4.78 is 16.7. The number of hydrogen-bond acceptors (Lipinski definition) is 6. The Bertz CT molecular complexity index is 1360. The van der Waals surface area contributed by atoms with Crippen LogP contribution >= 0.6 is 0 Å². The molecule has 0 saturated heterocycles. The third-order valence-electron chi connectivity index (χ3n) is 10.9. The Hall–Kier alpha value is -3.93. The van der Waals surface area contributed by atoms with Gasteiger partial charge in [0.1, 0.15) is 13.2 Å². The van der Waals surface area contributed by atoms with Gasteiger partial charge in [0.05, 0.1) is 0 Å². The molecule has 0 aliphatic heterocycles. The predicted octanol–water partition coefficient (Wildman–Crippen LogP) is 17.5. The summed E-state index contributed by atoms with van der Waals surface area (Å²) in [7, 11) is 0. The van der Waals surface area contributed by atoms with E-state index in [0.717, 1.165) is 51.4 Å². The molecule has 0 aromatic rings.